The lowest BCUT2D eigenvalue weighted by molar-refractivity contribution is -0.150. The van der Waals surface area contributed by atoms with Crippen LogP contribution in [0.1, 0.15) is 124 Å². The molecule has 6 rings (SSSR count). The summed E-state index contributed by atoms with van der Waals surface area (Å²) in [5.74, 6) is -1.69. The molecule has 0 spiro atoms. The van der Waals surface area contributed by atoms with Gasteiger partial charge in [0.05, 0.1) is 38.3 Å². The molecule has 2 aromatic carbocycles. The molecular formula is C47H55N3O8. The van der Waals surface area contributed by atoms with Crippen molar-refractivity contribution in [3.8, 4) is 11.1 Å². The largest absolute Gasteiger partial charge is 0.466 e. The third kappa shape index (κ3) is 10.2. The molecule has 11 heteroatoms. The van der Waals surface area contributed by atoms with Gasteiger partial charge in [0, 0.05) is 24.5 Å². The third-order valence-electron chi connectivity index (χ3n) is 11.5. The topological polar surface area (TPSA) is 165 Å². The molecule has 2 fully saturated rings. The average molecular weight is 790 g/mol. The highest BCUT2D eigenvalue weighted by atomic mass is 16.5. The number of rotatable bonds is 20. The number of aromatic nitrogens is 2. The normalized spacial score (nSPS) is 14.7. The van der Waals surface area contributed by atoms with Crippen LogP contribution in [0.2, 0.25) is 0 Å². The molecule has 0 aliphatic heterocycles. The van der Waals surface area contributed by atoms with Crippen molar-refractivity contribution in [1.29, 1.82) is 0 Å². The number of benzene rings is 2. The van der Waals surface area contributed by atoms with E-state index in [4.69, 9.17) is 9.47 Å². The SMILES string of the molecule is CCOC(=O)[C@H](CO)CCc1cnc(C(=O)Nc2cccc(-c3cccc(CC(=O)c4cc(C5CC5)c(CC[C@H](CO)C(=O)OCC)cn4)c3C)c2C)cc1C1CC1. The molecule has 4 aromatic rings. The number of nitrogens with one attached hydrogen (secondary N) is 1. The number of hydrogen-bond acceptors (Lipinski definition) is 10. The molecule has 0 unspecified atom stereocenters. The fourth-order valence-electron chi connectivity index (χ4n) is 7.67. The van der Waals surface area contributed by atoms with Gasteiger partial charge in [0.25, 0.3) is 5.91 Å². The van der Waals surface area contributed by atoms with Crippen LogP contribution in [0.3, 0.4) is 0 Å². The fourth-order valence-corrected chi connectivity index (χ4v) is 7.67. The van der Waals surface area contributed by atoms with Crippen LogP contribution in [0, 0.1) is 25.7 Å². The molecular weight excluding hydrogens is 735 g/mol. The molecule has 2 heterocycles. The van der Waals surface area contributed by atoms with Gasteiger partial charge in [-0.1, -0.05) is 30.3 Å². The molecule has 11 nitrogen and oxygen atoms in total. The summed E-state index contributed by atoms with van der Waals surface area (Å²) in [6.45, 7) is 7.44. The van der Waals surface area contributed by atoms with E-state index in [0.717, 1.165) is 75.8 Å². The van der Waals surface area contributed by atoms with Crippen LogP contribution in [0.15, 0.2) is 60.9 Å². The molecule has 2 aromatic heterocycles. The van der Waals surface area contributed by atoms with Gasteiger partial charge in [-0.05, 0) is 159 Å². The molecule has 2 aliphatic rings. The van der Waals surface area contributed by atoms with E-state index in [2.05, 4.69) is 15.3 Å². The highest BCUT2D eigenvalue weighted by molar-refractivity contribution is 6.04. The molecule has 0 saturated heterocycles. The maximum Gasteiger partial charge on any atom is 0.311 e. The zero-order chi connectivity index (χ0) is 41.3. The highest BCUT2D eigenvalue weighted by Crippen LogP contribution is 2.43. The smallest absolute Gasteiger partial charge is 0.311 e. The van der Waals surface area contributed by atoms with E-state index in [1.54, 1.807) is 26.2 Å². The number of Topliss-reactive ketones (excluding diaryl/α,β-unsaturated/α-hetero) is 1. The van der Waals surface area contributed by atoms with Crippen molar-refractivity contribution >= 4 is 29.3 Å². The summed E-state index contributed by atoms with van der Waals surface area (Å²) in [6, 6.07) is 15.5. The van der Waals surface area contributed by atoms with E-state index in [1.807, 2.05) is 62.4 Å². The van der Waals surface area contributed by atoms with Crippen LogP contribution in [-0.2, 0) is 38.3 Å². The first-order valence-corrected chi connectivity index (χ1v) is 20.6. The van der Waals surface area contributed by atoms with Gasteiger partial charge in [0.15, 0.2) is 5.78 Å². The van der Waals surface area contributed by atoms with E-state index < -0.39 is 23.8 Å². The summed E-state index contributed by atoms with van der Waals surface area (Å²) >= 11 is 0. The summed E-state index contributed by atoms with van der Waals surface area (Å²) in [6.07, 6.45) is 9.79. The number of anilines is 1. The summed E-state index contributed by atoms with van der Waals surface area (Å²) in [5, 5.41) is 22.6. The van der Waals surface area contributed by atoms with Crippen molar-refractivity contribution in [2.75, 3.05) is 31.7 Å². The molecule has 2 saturated carbocycles. The van der Waals surface area contributed by atoms with Gasteiger partial charge in [0.2, 0.25) is 0 Å². The first-order valence-electron chi connectivity index (χ1n) is 20.6. The van der Waals surface area contributed by atoms with E-state index in [1.165, 1.54) is 0 Å². The van der Waals surface area contributed by atoms with Gasteiger partial charge < -0.3 is 25.0 Å². The van der Waals surface area contributed by atoms with E-state index in [0.29, 0.717) is 54.6 Å². The van der Waals surface area contributed by atoms with Crippen molar-refractivity contribution in [1.82, 2.24) is 9.97 Å². The second kappa shape index (κ2) is 19.5. The summed E-state index contributed by atoms with van der Waals surface area (Å²) in [4.78, 5) is 61.0. The fraction of sp³-hybridized carbons (Fsp3) is 0.447. The van der Waals surface area contributed by atoms with Crippen molar-refractivity contribution in [3.05, 3.63) is 111 Å². The second-order valence-corrected chi connectivity index (χ2v) is 15.5. The summed E-state index contributed by atoms with van der Waals surface area (Å²) in [5.41, 5.74) is 10.2. The Morgan fingerprint density at radius 2 is 1.21 bits per heavy atom. The lowest BCUT2D eigenvalue weighted by Gasteiger charge is -2.17. The number of ketones is 1. The van der Waals surface area contributed by atoms with Crippen molar-refractivity contribution in [2.45, 2.75) is 97.3 Å². The van der Waals surface area contributed by atoms with Crippen molar-refractivity contribution in [3.63, 3.8) is 0 Å². The number of nitrogens with zero attached hydrogens (tertiary/aromatic N) is 2. The molecule has 306 valence electrons. The van der Waals surface area contributed by atoms with Gasteiger partial charge in [0.1, 0.15) is 11.4 Å². The Morgan fingerprint density at radius 1 is 0.707 bits per heavy atom. The molecule has 3 N–H and O–H groups in total. The Bertz CT molecular complexity index is 1990. The number of carbonyl (C=O) groups excluding carboxylic acids is 4. The number of carbonyl (C=O) groups is 4. The van der Waals surface area contributed by atoms with Crippen LogP contribution >= 0.6 is 0 Å². The first-order chi connectivity index (χ1) is 28.1. The zero-order valence-corrected chi connectivity index (χ0v) is 34.0. The van der Waals surface area contributed by atoms with Crippen LogP contribution in [-0.4, -0.2) is 70.2 Å². The third-order valence-corrected chi connectivity index (χ3v) is 11.5. The molecule has 0 radical (unpaired) electrons. The van der Waals surface area contributed by atoms with Crippen LogP contribution in [0.4, 0.5) is 5.69 Å². The predicted molar refractivity (Wildman–Crippen MR) is 221 cm³/mol. The highest BCUT2D eigenvalue weighted by Gasteiger charge is 2.30. The van der Waals surface area contributed by atoms with Gasteiger partial charge in [-0.15, -0.1) is 0 Å². The minimum Gasteiger partial charge on any atom is -0.466 e. The maximum absolute atomic E-state index is 13.8. The monoisotopic (exact) mass is 789 g/mol. The first kappa shape index (κ1) is 42.3. The number of pyridine rings is 2. The Kier molecular flexibility index (Phi) is 14.2. The molecule has 2 atom stereocenters. The van der Waals surface area contributed by atoms with E-state index in [-0.39, 0.29) is 44.5 Å². The maximum atomic E-state index is 13.8. The van der Waals surface area contributed by atoms with Gasteiger partial charge in [-0.3, -0.25) is 29.1 Å². The van der Waals surface area contributed by atoms with Gasteiger partial charge >= 0.3 is 11.9 Å². The number of hydrogen-bond donors (Lipinski definition) is 3. The number of aliphatic hydroxyl groups excluding tert-OH is 2. The molecule has 2 aliphatic carbocycles. The second-order valence-electron chi connectivity index (χ2n) is 15.5. The Morgan fingerprint density at radius 3 is 1.72 bits per heavy atom. The number of amides is 1. The quantitative estimate of drug-likeness (QED) is 0.0607. The van der Waals surface area contributed by atoms with Crippen LogP contribution in [0.25, 0.3) is 11.1 Å². The lowest BCUT2D eigenvalue weighted by Crippen LogP contribution is -2.22. The summed E-state index contributed by atoms with van der Waals surface area (Å²) in [7, 11) is 0. The average Bonchev–Trinajstić information content (AvgIpc) is 4.16. The van der Waals surface area contributed by atoms with Gasteiger partial charge in [-0.25, -0.2) is 0 Å². The van der Waals surface area contributed by atoms with Gasteiger partial charge in [-0.2, -0.15) is 0 Å². The van der Waals surface area contributed by atoms with E-state index >= 15 is 0 Å². The molecule has 58 heavy (non-hydrogen) atoms. The molecule has 0 bridgehead atoms. The summed E-state index contributed by atoms with van der Waals surface area (Å²) < 4.78 is 10.2. The number of esters is 2. The van der Waals surface area contributed by atoms with Crippen LogP contribution < -0.4 is 5.32 Å². The molecule has 1 amide bonds. The predicted octanol–water partition coefficient (Wildman–Crippen LogP) is 7.40. The van der Waals surface area contributed by atoms with Crippen LogP contribution in [0.5, 0.6) is 0 Å². The Hall–Kier alpha value is -5.26. The van der Waals surface area contributed by atoms with Crippen molar-refractivity contribution < 1.29 is 38.9 Å². The van der Waals surface area contributed by atoms with Crippen molar-refractivity contribution in [2.24, 2.45) is 11.8 Å². The Balaban J connectivity index is 1.15. The lowest BCUT2D eigenvalue weighted by atomic mass is 9.90. The Labute approximate surface area is 340 Å². The minimum atomic E-state index is -0.603. The van der Waals surface area contributed by atoms with E-state index in [9.17, 15) is 29.4 Å². The number of aliphatic hydroxyl groups is 2. The number of ether oxygens (including phenoxy) is 2. The number of aryl methyl sites for hydroxylation is 2. The zero-order valence-electron chi connectivity index (χ0n) is 34.0. The standard InChI is InChI=1S/C47H55N3O8/c1-5-57-46(55)35(26-51)19-17-33-24-48-42(22-39(33)30-13-14-30)44(53)21-32-9-7-10-37(28(32)3)38-11-8-12-41(29(38)4)50-45(54)43-23-40(31-15-16-31)34(25-49-43)18-20-36(27-52)47(56)58-6-2/h7-12,22-25,30-31,35-36,51-52H,5-6,13-21,26-27H2,1-4H3,(H,50,54)/t35-,36+/m1/s1. The minimum absolute atomic E-state index is 0.0810.